The van der Waals surface area contributed by atoms with E-state index in [0.29, 0.717) is 12.3 Å². The van der Waals surface area contributed by atoms with Gasteiger partial charge in [-0.15, -0.1) is 0 Å². The molecule has 144 valence electrons. The predicted octanol–water partition coefficient (Wildman–Crippen LogP) is 3.80. The topological polar surface area (TPSA) is 9.72 Å². The van der Waals surface area contributed by atoms with Crippen molar-refractivity contribution in [2.75, 3.05) is 52.4 Å². The molecule has 0 spiro atoms. The Bertz CT molecular complexity index is 329. The van der Waals surface area contributed by atoms with E-state index in [1.165, 1.54) is 6.42 Å². The van der Waals surface area contributed by atoms with Crippen molar-refractivity contribution < 1.29 is 8.78 Å². The number of hydrogen-bond donors (Lipinski definition) is 0. The van der Waals surface area contributed by atoms with Crippen LogP contribution in [0.25, 0.3) is 0 Å². The zero-order valence-electron chi connectivity index (χ0n) is 16.5. The lowest BCUT2D eigenvalue weighted by molar-refractivity contribution is -0.133. The summed E-state index contributed by atoms with van der Waals surface area (Å²) >= 11 is 0. The van der Waals surface area contributed by atoms with Gasteiger partial charge < -0.3 is 4.90 Å². The molecule has 2 saturated heterocycles. The summed E-state index contributed by atoms with van der Waals surface area (Å²) in [6.07, 6.45) is 2.76. The second-order valence-electron chi connectivity index (χ2n) is 7.40. The Morgan fingerprint density at radius 1 is 0.958 bits per heavy atom. The maximum atomic E-state index is 14.5. The van der Waals surface area contributed by atoms with Crippen LogP contribution in [0.15, 0.2) is 0 Å². The van der Waals surface area contributed by atoms with Gasteiger partial charge in [-0.3, -0.25) is 9.80 Å². The molecule has 2 aliphatic rings. The fourth-order valence-corrected chi connectivity index (χ4v) is 3.69. The third kappa shape index (κ3) is 6.57. The smallest absolute Gasteiger partial charge is 0.275 e. The van der Waals surface area contributed by atoms with Gasteiger partial charge in [-0.25, -0.2) is 8.78 Å². The van der Waals surface area contributed by atoms with Gasteiger partial charge in [0.25, 0.3) is 5.92 Å². The van der Waals surface area contributed by atoms with Crippen molar-refractivity contribution in [1.29, 1.82) is 0 Å². The first-order chi connectivity index (χ1) is 11.4. The monoisotopic (exact) mass is 347 g/mol. The molecule has 0 aromatic rings. The Kier molecular flexibility index (Phi) is 9.68. The molecule has 0 aliphatic carbocycles. The summed E-state index contributed by atoms with van der Waals surface area (Å²) in [5.74, 6) is -1.85. The highest BCUT2D eigenvalue weighted by molar-refractivity contribution is 4.94. The van der Waals surface area contributed by atoms with E-state index in [4.69, 9.17) is 0 Å². The molecule has 1 atom stereocenters. The zero-order chi connectivity index (χ0) is 18.2. The van der Waals surface area contributed by atoms with Crippen LogP contribution in [0.5, 0.6) is 0 Å². The van der Waals surface area contributed by atoms with Gasteiger partial charge in [0.1, 0.15) is 0 Å². The Balaban J connectivity index is 0.00000139. The lowest BCUT2D eigenvalue weighted by Crippen LogP contribution is -2.61. The number of halogens is 2. The van der Waals surface area contributed by atoms with Crippen LogP contribution in [-0.2, 0) is 0 Å². The summed E-state index contributed by atoms with van der Waals surface area (Å²) in [7, 11) is 0. The zero-order valence-corrected chi connectivity index (χ0v) is 16.5. The maximum absolute atomic E-state index is 14.5. The molecule has 2 heterocycles. The van der Waals surface area contributed by atoms with E-state index >= 15 is 0 Å². The second-order valence-corrected chi connectivity index (χ2v) is 7.40. The number of nitrogens with zero attached hydrogens (tertiary/aromatic N) is 3. The largest absolute Gasteiger partial charge is 0.301 e. The van der Waals surface area contributed by atoms with E-state index in [1.807, 2.05) is 18.7 Å². The average Bonchev–Trinajstić information content (AvgIpc) is 2.55. The second kappa shape index (κ2) is 10.7. The summed E-state index contributed by atoms with van der Waals surface area (Å²) in [5.41, 5.74) is 0. The predicted molar refractivity (Wildman–Crippen MR) is 98.9 cm³/mol. The molecule has 24 heavy (non-hydrogen) atoms. The molecule has 0 bridgehead atoms. The normalized spacial score (nSPS) is 26.2. The van der Waals surface area contributed by atoms with Crippen molar-refractivity contribution in [1.82, 2.24) is 14.7 Å². The van der Waals surface area contributed by atoms with Gasteiger partial charge in [-0.1, -0.05) is 34.6 Å². The van der Waals surface area contributed by atoms with Crippen LogP contribution in [0.3, 0.4) is 0 Å². The summed E-state index contributed by atoms with van der Waals surface area (Å²) < 4.78 is 29.0. The number of likely N-dealkylation sites (tertiary alicyclic amines) is 1. The van der Waals surface area contributed by atoms with Crippen molar-refractivity contribution in [3.8, 4) is 0 Å². The highest BCUT2D eigenvalue weighted by Gasteiger charge is 2.47. The molecule has 0 radical (unpaired) electrons. The van der Waals surface area contributed by atoms with Crippen LogP contribution in [0.2, 0.25) is 0 Å². The lowest BCUT2D eigenvalue weighted by Gasteiger charge is -2.46. The van der Waals surface area contributed by atoms with Crippen molar-refractivity contribution in [2.24, 2.45) is 5.92 Å². The molecule has 2 aliphatic heterocycles. The van der Waals surface area contributed by atoms with E-state index < -0.39 is 12.0 Å². The highest BCUT2D eigenvalue weighted by Crippen LogP contribution is 2.32. The minimum atomic E-state index is -2.56. The summed E-state index contributed by atoms with van der Waals surface area (Å²) in [5, 5.41) is 0. The fourth-order valence-electron chi connectivity index (χ4n) is 3.69. The summed E-state index contributed by atoms with van der Waals surface area (Å²) in [6, 6.07) is -0.548. The summed E-state index contributed by atoms with van der Waals surface area (Å²) in [4.78, 5) is 6.41. The summed E-state index contributed by atoms with van der Waals surface area (Å²) in [6.45, 7) is 16.7. The Hall–Kier alpha value is -0.260. The van der Waals surface area contributed by atoms with Gasteiger partial charge in [-0.2, -0.15) is 0 Å². The van der Waals surface area contributed by atoms with Gasteiger partial charge in [0.2, 0.25) is 0 Å². The molecular formula is C19H39F2N3. The molecule has 1 unspecified atom stereocenters. The molecule has 0 saturated carbocycles. The van der Waals surface area contributed by atoms with Crippen LogP contribution in [0.1, 0.15) is 53.9 Å². The van der Waals surface area contributed by atoms with Gasteiger partial charge >= 0.3 is 0 Å². The van der Waals surface area contributed by atoms with E-state index in [1.54, 1.807) is 0 Å². The van der Waals surface area contributed by atoms with Crippen molar-refractivity contribution in [3.63, 3.8) is 0 Å². The first kappa shape index (κ1) is 21.8. The van der Waals surface area contributed by atoms with Crippen LogP contribution < -0.4 is 0 Å². The average molecular weight is 348 g/mol. The van der Waals surface area contributed by atoms with Gasteiger partial charge in [0, 0.05) is 32.7 Å². The highest BCUT2D eigenvalue weighted by atomic mass is 19.3. The molecule has 0 aromatic carbocycles. The maximum Gasteiger partial charge on any atom is 0.275 e. The SMILES string of the molecule is CC.CCCN1CCC(N2CCN(CCC(C)C)CC2)C(F)(F)C1. The number of piperazine rings is 1. The minimum Gasteiger partial charge on any atom is -0.301 e. The number of piperidine rings is 1. The number of rotatable bonds is 6. The number of hydrogen-bond acceptors (Lipinski definition) is 3. The van der Waals surface area contributed by atoms with Crippen LogP contribution >= 0.6 is 0 Å². The van der Waals surface area contributed by atoms with Gasteiger partial charge in [0.15, 0.2) is 0 Å². The molecule has 5 heteroatoms. The van der Waals surface area contributed by atoms with E-state index in [0.717, 1.165) is 52.2 Å². The molecule has 0 N–H and O–H groups in total. The molecular weight excluding hydrogens is 308 g/mol. The molecule has 2 fully saturated rings. The van der Waals surface area contributed by atoms with Crippen LogP contribution in [-0.4, -0.2) is 79.0 Å². The minimum absolute atomic E-state index is 0.0565. The van der Waals surface area contributed by atoms with Crippen molar-refractivity contribution >= 4 is 0 Å². The van der Waals surface area contributed by atoms with E-state index in [-0.39, 0.29) is 6.54 Å². The molecule has 0 aromatic heterocycles. The van der Waals surface area contributed by atoms with Crippen LogP contribution in [0.4, 0.5) is 8.78 Å². The quantitative estimate of drug-likeness (QED) is 0.724. The number of alkyl halides is 2. The third-order valence-electron chi connectivity index (χ3n) is 5.05. The van der Waals surface area contributed by atoms with Crippen LogP contribution in [0, 0.1) is 5.92 Å². The fraction of sp³-hybridized carbons (Fsp3) is 1.00. The standard InChI is InChI=1S/C17H33F2N3.C2H6/c1-4-7-21-9-6-16(17(18,19)14-21)22-12-10-20(11-13-22)8-5-15(2)3;1-2/h15-16H,4-14H2,1-3H3;1-2H3. The first-order valence-corrected chi connectivity index (χ1v) is 9.99. The molecule has 2 rings (SSSR count). The van der Waals surface area contributed by atoms with Crippen molar-refractivity contribution in [3.05, 3.63) is 0 Å². The third-order valence-corrected chi connectivity index (χ3v) is 5.05. The molecule has 0 amide bonds. The Morgan fingerprint density at radius 3 is 2.08 bits per heavy atom. The molecule has 3 nitrogen and oxygen atoms in total. The Morgan fingerprint density at radius 2 is 1.58 bits per heavy atom. The van der Waals surface area contributed by atoms with Gasteiger partial charge in [0.05, 0.1) is 12.6 Å². The first-order valence-electron chi connectivity index (χ1n) is 9.99. The van der Waals surface area contributed by atoms with Crippen molar-refractivity contribution in [2.45, 2.75) is 65.8 Å². The van der Waals surface area contributed by atoms with E-state index in [9.17, 15) is 8.78 Å². The lowest BCUT2D eigenvalue weighted by atomic mass is 9.98. The Labute approximate surface area is 148 Å². The van der Waals surface area contributed by atoms with E-state index in [2.05, 4.69) is 30.6 Å². The van der Waals surface area contributed by atoms with Gasteiger partial charge in [-0.05, 0) is 38.3 Å².